The van der Waals surface area contributed by atoms with Gasteiger partial charge in [-0.25, -0.2) is 4.39 Å². The standard InChI is InChI=1S/C31H38FN3O2/c32-25-5-3-24(4-6-25)30(9-1-2-10-30)19-35-29(37)28(33)27-22-13-21-14-23(27)18-31(16-21,17-22)26(36)15-20-7-11-34-12-8-20/h3-8,11-12,21-23,27-28H,1-2,9-10,13-19,33H2,(H,35,37). The molecule has 1 aromatic heterocycles. The molecule has 5 aliphatic rings. The maximum Gasteiger partial charge on any atom is 0.237 e. The van der Waals surface area contributed by atoms with E-state index in [2.05, 4.69) is 10.3 Å². The largest absolute Gasteiger partial charge is 0.354 e. The van der Waals surface area contributed by atoms with Gasteiger partial charge in [0.2, 0.25) is 5.91 Å². The number of halogens is 1. The third kappa shape index (κ3) is 4.52. The van der Waals surface area contributed by atoms with Gasteiger partial charge in [0.1, 0.15) is 11.6 Å². The predicted octanol–water partition coefficient (Wildman–Crippen LogP) is 4.73. The number of hydrogen-bond donors (Lipinski definition) is 2. The average Bonchev–Trinajstić information content (AvgIpc) is 3.38. The van der Waals surface area contributed by atoms with Gasteiger partial charge in [0.25, 0.3) is 0 Å². The quantitative estimate of drug-likeness (QED) is 0.545. The van der Waals surface area contributed by atoms with E-state index in [1.807, 2.05) is 24.3 Å². The first-order chi connectivity index (χ1) is 17.9. The number of benzene rings is 1. The van der Waals surface area contributed by atoms with Crippen molar-refractivity contribution in [1.29, 1.82) is 0 Å². The molecule has 5 fully saturated rings. The second kappa shape index (κ2) is 9.61. The van der Waals surface area contributed by atoms with Crippen molar-refractivity contribution in [2.24, 2.45) is 34.8 Å². The lowest BCUT2D eigenvalue weighted by molar-refractivity contribution is -0.153. The summed E-state index contributed by atoms with van der Waals surface area (Å²) in [4.78, 5) is 31.1. The molecule has 0 spiro atoms. The molecule has 0 saturated heterocycles. The summed E-state index contributed by atoms with van der Waals surface area (Å²) in [6, 6.07) is 10.1. The topological polar surface area (TPSA) is 85.1 Å². The molecule has 5 saturated carbocycles. The number of ketones is 1. The van der Waals surface area contributed by atoms with Gasteiger partial charge in [0, 0.05) is 36.2 Å². The number of carbonyl (C=O) groups is 2. The van der Waals surface area contributed by atoms with Crippen molar-refractivity contribution < 1.29 is 14.0 Å². The van der Waals surface area contributed by atoms with E-state index in [9.17, 15) is 14.0 Å². The first-order valence-electron chi connectivity index (χ1n) is 14.1. The van der Waals surface area contributed by atoms with E-state index < -0.39 is 6.04 Å². The minimum absolute atomic E-state index is 0.0666. The SMILES string of the molecule is NC(C(=O)NCC1(c2ccc(F)cc2)CCCC1)C1C2CC3CC1CC(C(=O)Cc1ccncc1)(C3)C2. The van der Waals surface area contributed by atoms with Gasteiger partial charge < -0.3 is 11.1 Å². The number of aromatic nitrogens is 1. The number of nitrogens with two attached hydrogens (primary N) is 1. The molecule has 1 amide bonds. The molecule has 37 heavy (non-hydrogen) atoms. The van der Waals surface area contributed by atoms with Gasteiger partial charge >= 0.3 is 0 Å². The highest BCUT2D eigenvalue weighted by Crippen LogP contribution is 2.63. The molecule has 1 heterocycles. The van der Waals surface area contributed by atoms with Crippen molar-refractivity contribution in [3.8, 4) is 0 Å². The highest BCUT2D eigenvalue weighted by molar-refractivity contribution is 5.87. The number of nitrogens with zero attached hydrogens (tertiary/aromatic N) is 1. The molecule has 7 rings (SSSR count). The summed E-state index contributed by atoms with van der Waals surface area (Å²) in [6.07, 6.45) is 13.1. The Balaban J connectivity index is 1.13. The van der Waals surface area contributed by atoms with Crippen molar-refractivity contribution in [2.45, 2.75) is 75.7 Å². The molecule has 3 unspecified atom stereocenters. The molecule has 196 valence electrons. The van der Waals surface area contributed by atoms with Crippen LogP contribution in [0.2, 0.25) is 0 Å². The van der Waals surface area contributed by atoms with Crippen LogP contribution in [0.15, 0.2) is 48.8 Å². The van der Waals surface area contributed by atoms with Crippen LogP contribution >= 0.6 is 0 Å². The van der Waals surface area contributed by atoms with Crippen LogP contribution in [0.4, 0.5) is 4.39 Å². The minimum Gasteiger partial charge on any atom is -0.354 e. The molecule has 4 bridgehead atoms. The second-order valence-electron chi connectivity index (χ2n) is 12.5. The fraction of sp³-hybridized carbons (Fsp3) is 0.581. The van der Waals surface area contributed by atoms with Gasteiger partial charge in [0.15, 0.2) is 0 Å². The molecule has 5 nitrogen and oxygen atoms in total. The zero-order chi connectivity index (χ0) is 25.6. The summed E-state index contributed by atoms with van der Waals surface area (Å²) in [5, 5.41) is 3.22. The molecule has 1 aromatic carbocycles. The van der Waals surface area contributed by atoms with Crippen molar-refractivity contribution in [1.82, 2.24) is 10.3 Å². The predicted molar refractivity (Wildman–Crippen MR) is 140 cm³/mol. The van der Waals surface area contributed by atoms with E-state index in [4.69, 9.17) is 5.73 Å². The highest BCUT2D eigenvalue weighted by Gasteiger charge is 2.59. The van der Waals surface area contributed by atoms with Gasteiger partial charge in [-0.2, -0.15) is 0 Å². The van der Waals surface area contributed by atoms with Crippen LogP contribution < -0.4 is 11.1 Å². The Bertz CT molecular complexity index is 1130. The Labute approximate surface area is 218 Å². The van der Waals surface area contributed by atoms with Crippen molar-refractivity contribution >= 4 is 11.7 Å². The van der Waals surface area contributed by atoms with E-state index in [0.717, 1.165) is 68.9 Å². The number of carbonyl (C=O) groups excluding carboxylic acids is 2. The Morgan fingerprint density at radius 1 is 1.00 bits per heavy atom. The maximum atomic E-state index is 13.6. The summed E-state index contributed by atoms with van der Waals surface area (Å²) >= 11 is 0. The summed E-state index contributed by atoms with van der Waals surface area (Å²) in [6.45, 7) is 0.546. The summed E-state index contributed by atoms with van der Waals surface area (Å²) < 4.78 is 13.5. The number of nitrogens with one attached hydrogen (secondary N) is 1. The number of hydrogen-bond acceptors (Lipinski definition) is 4. The number of Topliss-reactive ketones (excluding diaryl/α,β-unsaturated/α-hetero) is 1. The minimum atomic E-state index is -0.547. The number of pyridine rings is 1. The van der Waals surface area contributed by atoms with Crippen LogP contribution in [0.5, 0.6) is 0 Å². The van der Waals surface area contributed by atoms with Crippen molar-refractivity contribution in [3.63, 3.8) is 0 Å². The van der Waals surface area contributed by atoms with Crippen molar-refractivity contribution in [2.75, 3.05) is 6.54 Å². The Kier molecular flexibility index (Phi) is 6.42. The van der Waals surface area contributed by atoms with E-state index in [0.29, 0.717) is 36.5 Å². The monoisotopic (exact) mass is 503 g/mol. The fourth-order valence-corrected chi connectivity index (χ4v) is 8.84. The van der Waals surface area contributed by atoms with Gasteiger partial charge in [-0.1, -0.05) is 25.0 Å². The molecule has 0 radical (unpaired) electrons. The summed E-state index contributed by atoms with van der Waals surface area (Å²) in [7, 11) is 0. The van der Waals surface area contributed by atoms with Crippen LogP contribution in [0.1, 0.15) is 68.9 Å². The normalized spacial score (nSPS) is 32.3. The lowest BCUT2D eigenvalue weighted by Crippen LogP contribution is -2.61. The molecule has 6 heteroatoms. The number of amides is 1. The molecule has 3 atom stereocenters. The average molecular weight is 504 g/mol. The zero-order valence-corrected chi connectivity index (χ0v) is 21.5. The van der Waals surface area contributed by atoms with Crippen LogP contribution in [0.25, 0.3) is 0 Å². The van der Waals surface area contributed by atoms with Crippen LogP contribution in [-0.2, 0) is 21.4 Å². The molecule has 3 N–H and O–H groups in total. The first-order valence-corrected chi connectivity index (χ1v) is 14.1. The first kappa shape index (κ1) is 24.7. The van der Waals surface area contributed by atoms with E-state index in [1.165, 1.54) is 12.1 Å². The van der Waals surface area contributed by atoms with E-state index in [-0.39, 0.29) is 28.5 Å². The molecular formula is C31H38FN3O2. The Hall–Kier alpha value is -2.60. The molecule has 0 aliphatic heterocycles. The second-order valence-corrected chi connectivity index (χ2v) is 12.5. The van der Waals surface area contributed by atoms with Gasteiger partial charge in [-0.15, -0.1) is 0 Å². The van der Waals surface area contributed by atoms with Crippen LogP contribution in [0.3, 0.4) is 0 Å². The molecule has 2 aromatic rings. The van der Waals surface area contributed by atoms with Gasteiger partial charge in [0.05, 0.1) is 6.04 Å². The maximum absolute atomic E-state index is 13.6. The van der Waals surface area contributed by atoms with Gasteiger partial charge in [-0.05, 0) is 104 Å². The third-order valence-corrected chi connectivity index (χ3v) is 10.4. The van der Waals surface area contributed by atoms with Gasteiger partial charge in [-0.3, -0.25) is 14.6 Å². The van der Waals surface area contributed by atoms with E-state index in [1.54, 1.807) is 12.4 Å². The lowest BCUT2D eigenvalue weighted by Gasteiger charge is -2.60. The van der Waals surface area contributed by atoms with Crippen molar-refractivity contribution in [3.05, 3.63) is 65.7 Å². The third-order valence-electron chi connectivity index (χ3n) is 10.4. The number of rotatable bonds is 8. The summed E-state index contributed by atoms with van der Waals surface area (Å²) in [5.41, 5.74) is 8.46. The molecular weight excluding hydrogens is 465 g/mol. The molecule has 5 aliphatic carbocycles. The highest BCUT2D eigenvalue weighted by atomic mass is 19.1. The smallest absolute Gasteiger partial charge is 0.237 e. The lowest BCUT2D eigenvalue weighted by atomic mass is 9.44. The Morgan fingerprint density at radius 2 is 1.65 bits per heavy atom. The van der Waals surface area contributed by atoms with E-state index >= 15 is 0 Å². The zero-order valence-electron chi connectivity index (χ0n) is 21.5. The Morgan fingerprint density at radius 3 is 2.30 bits per heavy atom. The van der Waals surface area contributed by atoms with Crippen LogP contribution in [-0.4, -0.2) is 29.3 Å². The fourth-order valence-electron chi connectivity index (χ4n) is 8.84. The summed E-state index contributed by atoms with van der Waals surface area (Å²) in [5.74, 6) is 1.45. The van der Waals surface area contributed by atoms with Crippen LogP contribution in [0, 0.1) is 34.9 Å².